The average Bonchev–Trinajstić information content (AvgIpc) is 3.46. The van der Waals surface area contributed by atoms with Crippen molar-refractivity contribution < 1.29 is 0 Å². The van der Waals surface area contributed by atoms with Crippen LogP contribution in [0.4, 0.5) is 22.7 Å². The number of hydrogen-bond acceptors (Lipinski definition) is 2. The van der Waals surface area contributed by atoms with Gasteiger partial charge in [0.1, 0.15) is 0 Å². The van der Waals surface area contributed by atoms with Gasteiger partial charge in [-0.2, -0.15) is 0 Å². The fraction of sp³-hybridized carbons (Fsp3) is 0.179. The van der Waals surface area contributed by atoms with E-state index >= 15 is 0 Å². The van der Waals surface area contributed by atoms with E-state index in [4.69, 9.17) is 0 Å². The maximum Gasteiger partial charge on any atom is 0.0488 e. The molecule has 0 radical (unpaired) electrons. The molecule has 0 aromatic heterocycles. The lowest BCUT2D eigenvalue weighted by Gasteiger charge is -2.35. The first-order chi connectivity index (χ1) is 28.2. The minimum absolute atomic E-state index is 0.00408. The van der Waals surface area contributed by atoms with Crippen LogP contribution in [0.15, 0.2) is 200 Å². The number of hydrogen-bond donors (Lipinski definition) is 0. The number of rotatable bonds is 9. The van der Waals surface area contributed by atoms with Crippen LogP contribution in [-0.4, -0.2) is 0 Å². The van der Waals surface area contributed by atoms with Gasteiger partial charge in [0.05, 0.1) is 0 Å². The third kappa shape index (κ3) is 6.87. The Morgan fingerprint density at radius 2 is 1.45 bits per heavy atom. The summed E-state index contributed by atoms with van der Waals surface area (Å²) in [7, 11) is 0. The second-order valence-corrected chi connectivity index (χ2v) is 16.9. The summed E-state index contributed by atoms with van der Waals surface area (Å²) in [5.41, 5.74) is 18.3. The van der Waals surface area contributed by atoms with Crippen molar-refractivity contribution in [3.05, 3.63) is 239 Å². The Balaban J connectivity index is 1.28. The molecule has 0 aliphatic heterocycles. The van der Waals surface area contributed by atoms with Crippen LogP contribution in [0.25, 0.3) is 11.6 Å². The van der Waals surface area contributed by atoms with Gasteiger partial charge < -0.3 is 9.80 Å². The molecule has 2 nitrogen and oxygen atoms in total. The zero-order valence-corrected chi connectivity index (χ0v) is 34.4. The van der Waals surface area contributed by atoms with Crippen molar-refractivity contribution in [3.8, 4) is 0 Å². The first kappa shape index (κ1) is 37.2. The van der Waals surface area contributed by atoms with Crippen molar-refractivity contribution in [1.29, 1.82) is 0 Å². The molecule has 286 valence electrons. The van der Waals surface area contributed by atoms with E-state index in [1.165, 1.54) is 55.8 Å². The first-order valence-electron chi connectivity index (χ1n) is 20.7. The van der Waals surface area contributed by atoms with E-state index in [1.54, 1.807) is 0 Å². The Bertz CT molecular complexity index is 2650. The van der Waals surface area contributed by atoms with E-state index in [-0.39, 0.29) is 5.41 Å². The van der Waals surface area contributed by atoms with Crippen LogP contribution in [0.1, 0.15) is 65.1 Å². The molecule has 0 spiro atoms. The fourth-order valence-corrected chi connectivity index (χ4v) is 9.60. The van der Waals surface area contributed by atoms with Gasteiger partial charge in [0, 0.05) is 46.0 Å². The van der Waals surface area contributed by atoms with Crippen LogP contribution >= 0.6 is 0 Å². The van der Waals surface area contributed by atoms with Gasteiger partial charge in [0.25, 0.3) is 0 Å². The van der Waals surface area contributed by atoms with Crippen molar-refractivity contribution >= 4 is 34.4 Å². The molecule has 0 saturated carbocycles. The Kier molecular flexibility index (Phi) is 9.74. The molecular formula is C56H52N2. The Morgan fingerprint density at radius 1 is 0.707 bits per heavy atom. The number of allylic oxidation sites excluding steroid dienone is 13. The molecule has 0 fully saturated rings. The van der Waals surface area contributed by atoms with Crippen LogP contribution in [-0.2, 0) is 5.41 Å². The summed E-state index contributed by atoms with van der Waals surface area (Å²) < 4.78 is 0. The molecule has 4 aliphatic carbocycles. The minimum Gasteiger partial charge on any atom is -0.314 e. The summed E-state index contributed by atoms with van der Waals surface area (Å²) in [6.45, 7) is 15.8. The highest BCUT2D eigenvalue weighted by Crippen LogP contribution is 2.54. The van der Waals surface area contributed by atoms with Crippen LogP contribution in [0.5, 0.6) is 0 Å². The molecule has 58 heavy (non-hydrogen) atoms. The molecule has 2 unspecified atom stereocenters. The largest absolute Gasteiger partial charge is 0.314 e. The lowest BCUT2D eigenvalue weighted by atomic mass is 9.73. The maximum absolute atomic E-state index is 4.42. The van der Waals surface area contributed by atoms with Crippen molar-refractivity contribution in [2.45, 2.75) is 52.4 Å². The van der Waals surface area contributed by atoms with E-state index < -0.39 is 0 Å². The maximum atomic E-state index is 4.42. The van der Waals surface area contributed by atoms with Gasteiger partial charge in [0.2, 0.25) is 0 Å². The molecule has 9 rings (SSSR count). The van der Waals surface area contributed by atoms with Crippen molar-refractivity contribution in [1.82, 2.24) is 0 Å². The molecule has 0 saturated heterocycles. The highest BCUT2D eigenvalue weighted by Gasteiger charge is 2.45. The van der Waals surface area contributed by atoms with E-state index in [0.29, 0.717) is 17.8 Å². The molecule has 4 aliphatic rings. The normalized spacial score (nSPS) is 20.0. The Labute approximate surface area is 345 Å². The van der Waals surface area contributed by atoms with Gasteiger partial charge in [-0.25, -0.2) is 0 Å². The predicted molar refractivity (Wildman–Crippen MR) is 248 cm³/mol. The average molecular weight is 753 g/mol. The minimum atomic E-state index is 0.00408. The summed E-state index contributed by atoms with van der Waals surface area (Å²) in [6.07, 6.45) is 26.2. The molecule has 2 heteroatoms. The summed E-state index contributed by atoms with van der Waals surface area (Å²) in [6, 6.07) is 42.6. The van der Waals surface area contributed by atoms with Crippen molar-refractivity contribution in [3.63, 3.8) is 0 Å². The Hall–Kier alpha value is -6.38. The van der Waals surface area contributed by atoms with Gasteiger partial charge in [-0.15, -0.1) is 0 Å². The van der Waals surface area contributed by atoms with Crippen LogP contribution in [0.2, 0.25) is 0 Å². The topological polar surface area (TPSA) is 6.48 Å². The number of aryl methyl sites for hydroxylation is 3. The molecule has 5 aromatic carbocycles. The van der Waals surface area contributed by atoms with E-state index in [1.807, 2.05) is 6.08 Å². The van der Waals surface area contributed by atoms with E-state index in [2.05, 4.69) is 227 Å². The van der Waals surface area contributed by atoms with Crippen molar-refractivity contribution in [2.75, 3.05) is 9.80 Å². The third-order valence-electron chi connectivity index (χ3n) is 12.7. The second-order valence-electron chi connectivity index (χ2n) is 16.9. The molecule has 0 amide bonds. The summed E-state index contributed by atoms with van der Waals surface area (Å²) in [5, 5.41) is 0. The standard InChI is InChI=1S/C56H52N2/c1-7-46(32-42-20-9-8-18-40(42)4)57(47-22-14-16-38(2)30-47)50-34-45(44-27-29-53-52-24-12-13-25-54(52)56(5,6)55(53)36-44)35-51(37-50)58(48-23-15-17-39(3)31-48)49-28-26-41-19-10-11-21-43(41)33-49/h7-32,34-37,43,53,55H,1,33H2,2-6H3/b46-32+/t43?,53?,55-/m0/s1. The molecule has 3 atom stereocenters. The summed E-state index contributed by atoms with van der Waals surface area (Å²) in [5.74, 6) is 1.04. The van der Waals surface area contributed by atoms with Crippen molar-refractivity contribution in [2.24, 2.45) is 11.8 Å². The molecule has 0 heterocycles. The van der Waals surface area contributed by atoms with Crippen LogP contribution < -0.4 is 9.80 Å². The lowest BCUT2D eigenvalue weighted by Crippen LogP contribution is -2.25. The monoisotopic (exact) mass is 752 g/mol. The second kappa shape index (κ2) is 15.2. The zero-order valence-electron chi connectivity index (χ0n) is 34.4. The number of fused-ring (bicyclic) bond motifs is 4. The van der Waals surface area contributed by atoms with Gasteiger partial charge in [-0.1, -0.05) is 142 Å². The molecular weight excluding hydrogens is 701 g/mol. The Morgan fingerprint density at radius 3 is 2.24 bits per heavy atom. The number of benzene rings is 5. The fourth-order valence-electron chi connectivity index (χ4n) is 9.60. The van der Waals surface area contributed by atoms with Gasteiger partial charge in [0.15, 0.2) is 0 Å². The SMILES string of the molecule is C=C/C(=C\c1ccccc1C)N(c1cccc(C)c1)c1cc(C2=C[C@H]3C(C=C2)c2ccccc2C3(C)C)cc(N(C2=CC=C3C=CC=CC3C2)c2cccc(C)c2)c1. The number of anilines is 4. The zero-order chi connectivity index (χ0) is 40.0. The highest BCUT2D eigenvalue weighted by atomic mass is 15.2. The molecule has 0 N–H and O–H groups in total. The van der Waals surface area contributed by atoms with Gasteiger partial charge in [-0.3, -0.25) is 0 Å². The predicted octanol–water partition coefficient (Wildman–Crippen LogP) is 14.7. The summed E-state index contributed by atoms with van der Waals surface area (Å²) >= 11 is 0. The molecule has 0 bridgehead atoms. The van der Waals surface area contributed by atoms with E-state index in [9.17, 15) is 0 Å². The van der Waals surface area contributed by atoms with Crippen LogP contribution in [0, 0.1) is 32.6 Å². The van der Waals surface area contributed by atoms with E-state index in [0.717, 1.165) is 34.9 Å². The molecule has 5 aromatic rings. The third-order valence-corrected chi connectivity index (χ3v) is 12.7. The lowest BCUT2D eigenvalue weighted by molar-refractivity contribution is 0.395. The quantitative estimate of drug-likeness (QED) is 0.138. The van der Waals surface area contributed by atoms with Gasteiger partial charge in [-0.05, 0) is 149 Å². The van der Waals surface area contributed by atoms with Gasteiger partial charge >= 0.3 is 0 Å². The number of nitrogens with zero attached hydrogens (tertiary/aromatic N) is 2. The first-order valence-corrected chi connectivity index (χ1v) is 20.7. The van der Waals surface area contributed by atoms with Crippen LogP contribution in [0.3, 0.4) is 0 Å². The smallest absolute Gasteiger partial charge is 0.0488 e. The highest BCUT2D eigenvalue weighted by molar-refractivity contribution is 5.87. The summed E-state index contributed by atoms with van der Waals surface area (Å²) in [4.78, 5) is 4.89.